The van der Waals surface area contributed by atoms with Crippen LogP contribution in [0, 0.1) is 0 Å². The Hall–Kier alpha value is -1.76. The van der Waals surface area contributed by atoms with Gasteiger partial charge in [0.1, 0.15) is 5.76 Å². The third-order valence-corrected chi connectivity index (χ3v) is 3.59. The fourth-order valence-corrected chi connectivity index (χ4v) is 2.12. The summed E-state index contributed by atoms with van der Waals surface area (Å²) in [5.74, 6) is 1.76. The first-order valence-electron chi connectivity index (χ1n) is 7.90. The van der Waals surface area contributed by atoms with Gasteiger partial charge in [-0.25, -0.2) is 0 Å². The Morgan fingerprint density at radius 1 is 1.24 bits per heavy atom. The molecule has 2 rings (SSSR count). The normalized spacial score (nSPS) is 14.6. The summed E-state index contributed by atoms with van der Waals surface area (Å²) in [7, 11) is 0. The molecule has 114 valence electrons. The molecule has 0 saturated carbocycles. The molecule has 1 aliphatic rings. The van der Waals surface area contributed by atoms with E-state index < -0.39 is 0 Å². The Balaban J connectivity index is 0.000000235. The van der Waals surface area contributed by atoms with Gasteiger partial charge in [-0.05, 0) is 63.2 Å². The van der Waals surface area contributed by atoms with Gasteiger partial charge in [-0.1, -0.05) is 49.9 Å². The maximum Gasteiger partial charge on any atom is 0.122 e. The van der Waals surface area contributed by atoms with E-state index in [0.29, 0.717) is 0 Å². The minimum atomic E-state index is 0.829. The van der Waals surface area contributed by atoms with Crippen molar-refractivity contribution in [3.05, 3.63) is 71.7 Å². The lowest BCUT2D eigenvalue weighted by molar-refractivity contribution is 0.313. The fourth-order valence-electron chi connectivity index (χ4n) is 2.12. The van der Waals surface area contributed by atoms with E-state index >= 15 is 0 Å². The maximum absolute atomic E-state index is 5.54. The Morgan fingerprint density at radius 2 is 1.95 bits per heavy atom. The van der Waals surface area contributed by atoms with E-state index in [1.54, 1.807) is 0 Å². The van der Waals surface area contributed by atoms with Gasteiger partial charge >= 0.3 is 0 Å². The molecule has 0 fully saturated rings. The summed E-state index contributed by atoms with van der Waals surface area (Å²) in [4.78, 5) is 0. The molecular weight excluding hydrogens is 256 g/mol. The summed E-state index contributed by atoms with van der Waals surface area (Å²) >= 11 is 0. The van der Waals surface area contributed by atoms with E-state index in [-0.39, 0.29) is 0 Å². The molecule has 1 aromatic rings. The third kappa shape index (κ3) is 6.99. The van der Waals surface area contributed by atoms with Crippen molar-refractivity contribution in [2.45, 2.75) is 52.9 Å². The van der Waals surface area contributed by atoms with E-state index in [9.17, 15) is 0 Å². The predicted molar refractivity (Wildman–Crippen MR) is 92.0 cm³/mol. The summed E-state index contributed by atoms with van der Waals surface area (Å²) in [5.41, 5.74) is 2.69. The highest BCUT2D eigenvalue weighted by Crippen LogP contribution is 2.24. The molecule has 1 heteroatoms. The van der Waals surface area contributed by atoms with Crippen molar-refractivity contribution >= 4 is 0 Å². The highest BCUT2D eigenvalue weighted by molar-refractivity contribution is 5.25. The van der Waals surface area contributed by atoms with E-state index in [2.05, 4.69) is 43.8 Å². The molecule has 0 aliphatic heterocycles. The maximum atomic E-state index is 5.54. The minimum Gasteiger partial charge on any atom is -0.463 e. The van der Waals surface area contributed by atoms with Gasteiger partial charge in [-0.3, -0.25) is 0 Å². The zero-order chi connectivity index (χ0) is 15.5. The van der Waals surface area contributed by atoms with Crippen LogP contribution in [-0.4, -0.2) is 0 Å². The average molecular weight is 284 g/mol. The number of aryl methyl sites for hydroxylation is 1. The van der Waals surface area contributed by atoms with Crippen LogP contribution in [0.3, 0.4) is 0 Å². The molecule has 1 aliphatic carbocycles. The van der Waals surface area contributed by atoms with Gasteiger partial charge in [0.15, 0.2) is 0 Å². The third-order valence-electron chi connectivity index (χ3n) is 3.59. The second-order valence-electron chi connectivity index (χ2n) is 5.24. The van der Waals surface area contributed by atoms with Crippen LogP contribution in [0.4, 0.5) is 0 Å². The summed E-state index contributed by atoms with van der Waals surface area (Å²) in [6.45, 7) is 10.0. The fraction of sp³-hybridized carbons (Fsp3) is 0.400. The highest BCUT2D eigenvalue weighted by atomic mass is 16.5. The second-order valence-corrected chi connectivity index (χ2v) is 5.24. The molecule has 0 saturated heterocycles. The standard InChI is InChI=1S/C12H18O.C8H10/c1-4-10(2)13-11(3)12-8-6-5-7-9-12;1-2-8-6-4-3-5-7-8/h4,8H,3,5-7,9H2,1-2H3;3-7H,2H2,1H3/b10-4-;. The molecule has 0 unspecified atom stereocenters. The Morgan fingerprint density at radius 3 is 2.43 bits per heavy atom. The lowest BCUT2D eigenvalue weighted by Crippen LogP contribution is -1.97. The molecule has 1 nitrogen and oxygen atoms in total. The topological polar surface area (TPSA) is 9.23 Å². The first-order chi connectivity index (χ1) is 10.2. The first kappa shape index (κ1) is 17.3. The summed E-state index contributed by atoms with van der Waals surface area (Å²) in [6.07, 6.45) is 10.2. The van der Waals surface area contributed by atoms with Crippen molar-refractivity contribution in [1.82, 2.24) is 0 Å². The van der Waals surface area contributed by atoms with Crippen LogP contribution >= 0.6 is 0 Å². The van der Waals surface area contributed by atoms with Crippen LogP contribution in [0.1, 0.15) is 52.0 Å². The number of allylic oxidation sites excluding steroid dienone is 4. The molecule has 21 heavy (non-hydrogen) atoms. The SMILES string of the molecule is C=C(O/C(C)=C\C)C1=CCCCC1.CCc1ccccc1. The van der Waals surface area contributed by atoms with E-state index in [1.807, 2.05) is 26.0 Å². The van der Waals surface area contributed by atoms with Gasteiger partial charge in [-0.2, -0.15) is 0 Å². The van der Waals surface area contributed by atoms with Crippen molar-refractivity contribution in [3.63, 3.8) is 0 Å². The zero-order valence-corrected chi connectivity index (χ0v) is 13.7. The van der Waals surface area contributed by atoms with Crippen molar-refractivity contribution in [3.8, 4) is 0 Å². The van der Waals surface area contributed by atoms with Crippen LogP contribution < -0.4 is 0 Å². The van der Waals surface area contributed by atoms with E-state index in [1.165, 1.54) is 30.4 Å². The quantitative estimate of drug-likeness (QED) is 0.599. The van der Waals surface area contributed by atoms with Crippen LogP contribution in [0.25, 0.3) is 0 Å². The summed E-state index contributed by atoms with van der Waals surface area (Å²) < 4.78 is 5.54. The molecule has 1 aromatic carbocycles. The van der Waals surface area contributed by atoms with Crippen LogP contribution in [0.5, 0.6) is 0 Å². The van der Waals surface area contributed by atoms with Gasteiger partial charge < -0.3 is 4.74 Å². The number of benzene rings is 1. The van der Waals surface area contributed by atoms with Gasteiger partial charge in [0.05, 0.1) is 5.76 Å². The number of ether oxygens (including phenoxy) is 1. The van der Waals surface area contributed by atoms with Gasteiger partial charge in [0, 0.05) is 0 Å². The second kappa shape index (κ2) is 10.0. The molecule has 0 spiro atoms. The molecule has 0 radical (unpaired) electrons. The van der Waals surface area contributed by atoms with Crippen LogP contribution in [-0.2, 0) is 11.2 Å². The van der Waals surface area contributed by atoms with Crippen molar-refractivity contribution < 1.29 is 4.74 Å². The van der Waals surface area contributed by atoms with Gasteiger partial charge in [-0.15, -0.1) is 0 Å². The number of hydrogen-bond donors (Lipinski definition) is 0. The lowest BCUT2D eigenvalue weighted by atomic mass is 9.99. The minimum absolute atomic E-state index is 0.829. The highest BCUT2D eigenvalue weighted by Gasteiger charge is 2.08. The zero-order valence-electron chi connectivity index (χ0n) is 13.7. The smallest absolute Gasteiger partial charge is 0.122 e. The van der Waals surface area contributed by atoms with Crippen molar-refractivity contribution in [2.75, 3.05) is 0 Å². The summed E-state index contributed by atoms with van der Waals surface area (Å²) in [6, 6.07) is 10.5. The van der Waals surface area contributed by atoms with Crippen LogP contribution in [0.2, 0.25) is 0 Å². The summed E-state index contributed by atoms with van der Waals surface area (Å²) in [5, 5.41) is 0. The Labute approximate surface area is 130 Å². The molecule has 0 aromatic heterocycles. The Bertz CT molecular complexity index is 480. The number of hydrogen-bond acceptors (Lipinski definition) is 1. The van der Waals surface area contributed by atoms with Gasteiger partial charge in [0.2, 0.25) is 0 Å². The van der Waals surface area contributed by atoms with E-state index in [4.69, 9.17) is 4.74 Å². The number of rotatable bonds is 4. The van der Waals surface area contributed by atoms with Crippen molar-refractivity contribution in [1.29, 1.82) is 0 Å². The molecule has 0 atom stereocenters. The molecule has 0 bridgehead atoms. The monoisotopic (exact) mass is 284 g/mol. The van der Waals surface area contributed by atoms with E-state index in [0.717, 1.165) is 24.4 Å². The molecule has 0 heterocycles. The van der Waals surface area contributed by atoms with Crippen LogP contribution in [0.15, 0.2) is 66.2 Å². The van der Waals surface area contributed by atoms with Crippen molar-refractivity contribution in [2.24, 2.45) is 0 Å². The average Bonchev–Trinajstić information content (AvgIpc) is 2.56. The Kier molecular flexibility index (Phi) is 8.27. The largest absolute Gasteiger partial charge is 0.463 e. The van der Waals surface area contributed by atoms with Gasteiger partial charge in [0.25, 0.3) is 0 Å². The molecule has 0 amide bonds. The first-order valence-corrected chi connectivity index (χ1v) is 7.90. The molecule has 0 N–H and O–H groups in total. The molecular formula is C20H28O. The lowest BCUT2D eigenvalue weighted by Gasteiger charge is -2.15. The predicted octanol–water partition coefficient (Wildman–Crippen LogP) is 6.19.